The normalized spacial score (nSPS) is 14.7. The molecule has 0 saturated carbocycles. The molecular weight excluding hydrogens is 214 g/mol. The van der Waals surface area contributed by atoms with Crippen LogP contribution in [0.4, 0.5) is 0 Å². The van der Waals surface area contributed by atoms with Crippen LogP contribution in [0.1, 0.15) is 25.8 Å². The lowest BCUT2D eigenvalue weighted by Crippen LogP contribution is -2.37. The van der Waals surface area contributed by atoms with Crippen molar-refractivity contribution < 1.29 is 9.84 Å². The summed E-state index contributed by atoms with van der Waals surface area (Å²) in [5.41, 5.74) is 7.03. The first-order valence-electron chi connectivity index (χ1n) is 6.09. The van der Waals surface area contributed by atoms with Gasteiger partial charge in [-0.05, 0) is 36.5 Å². The molecule has 2 atom stereocenters. The summed E-state index contributed by atoms with van der Waals surface area (Å²) in [6.07, 6.45) is 0.959. The minimum absolute atomic E-state index is 0.155. The summed E-state index contributed by atoms with van der Waals surface area (Å²) in [5, 5.41) is 9.99. The SMILES string of the molecule is COc1ccc(CC(O)C(N)CC(C)C)cc1. The lowest BCUT2D eigenvalue weighted by Gasteiger charge is -2.20. The van der Waals surface area contributed by atoms with Gasteiger partial charge < -0.3 is 15.6 Å². The Hall–Kier alpha value is -1.06. The predicted octanol–water partition coefficient (Wildman–Crippen LogP) is 1.97. The van der Waals surface area contributed by atoms with Crippen LogP contribution in [0, 0.1) is 5.92 Å². The average Bonchev–Trinajstić information content (AvgIpc) is 2.29. The minimum atomic E-state index is -0.481. The maximum absolute atomic E-state index is 9.99. The van der Waals surface area contributed by atoms with Gasteiger partial charge in [-0.2, -0.15) is 0 Å². The molecule has 3 nitrogen and oxygen atoms in total. The van der Waals surface area contributed by atoms with E-state index in [1.54, 1.807) is 7.11 Å². The van der Waals surface area contributed by atoms with Crippen molar-refractivity contribution in [1.29, 1.82) is 0 Å². The topological polar surface area (TPSA) is 55.5 Å². The van der Waals surface area contributed by atoms with E-state index in [4.69, 9.17) is 10.5 Å². The number of benzene rings is 1. The number of nitrogens with two attached hydrogens (primary N) is 1. The highest BCUT2D eigenvalue weighted by Crippen LogP contribution is 2.15. The molecule has 2 unspecified atom stereocenters. The monoisotopic (exact) mass is 237 g/mol. The second-order valence-electron chi connectivity index (χ2n) is 4.91. The zero-order valence-corrected chi connectivity index (χ0v) is 10.9. The van der Waals surface area contributed by atoms with E-state index >= 15 is 0 Å². The molecule has 0 radical (unpaired) electrons. The number of hydrogen-bond donors (Lipinski definition) is 2. The molecule has 17 heavy (non-hydrogen) atoms. The molecule has 3 heteroatoms. The van der Waals surface area contributed by atoms with E-state index in [1.807, 2.05) is 24.3 Å². The van der Waals surface area contributed by atoms with Crippen LogP contribution in [0.15, 0.2) is 24.3 Å². The Bertz CT molecular complexity index is 321. The number of methoxy groups -OCH3 is 1. The van der Waals surface area contributed by atoms with Crippen molar-refractivity contribution in [1.82, 2.24) is 0 Å². The van der Waals surface area contributed by atoms with E-state index < -0.39 is 6.10 Å². The van der Waals surface area contributed by atoms with Gasteiger partial charge in [-0.3, -0.25) is 0 Å². The second-order valence-corrected chi connectivity index (χ2v) is 4.91. The Balaban J connectivity index is 2.51. The highest BCUT2D eigenvalue weighted by molar-refractivity contribution is 5.27. The molecule has 0 aliphatic heterocycles. The molecule has 0 bridgehead atoms. The number of hydrogen-bond acceptors (Lipinski definition) is 3. The van der Waals surface area contributed by atoms with Crippen molar-refractivity contribution in [3.63, 3.8) is 0 Å². The van der Waals surface area contributed by atoms with Crippen LogP contribution < -0.4 is 10.5 Å². The van der Waals surface area contributed by atoms with Gasteiger partial charge in [0.15, 0.2) is 0 Å². The molecule has 3 N–H and O–H groups in total. The zero-order chi connectivity index (χ0) is 12.8. The smallest absolute Gasteiger partial charge is 0.118 e. The number of rotatable bonds is 6. The molecule has 0 heterocycles. The lowest BCUT2D eigenvalue weighted by molar-refractivity contribution is 0.134. The Kier molecular flexibility index (Phi) is 5.45. The molecule has 0 aromatic heterocycles. The summed E-state index contributed by atoms with van der Waals surface area (Å²) in [6, 6.07) is 7.57. The van der Waals surface area contributed by atoms with Crippen LogP contribution in [0.2, 0.25) is 0 Å². The summed E-state index contributed by atoms with van der Waals surface area (Å²) < 4.78 is 5.09. The summed E-state index contributed by atoms with van der Waals surface area (Å²) in [5.74, 6) is 1.34. The molecule has 0 saturated heterocycles. The van der Waals surface area contributed by atoms with Gasteiger partial charge in [0, 0.05) is 6.04 Å². The van der Waals surface area contributed by atoms with E-state index in [0.717, 1.165) is 17.7 Å². The zero-order valence-electron chi connectivity index (χ0n) is 10.9. The third-order valence-electron chi connectivity index (χ3n) is 2.84. The quantitative estimate of drug-likeness (QED) is 0.795. The fraction of sp³-hybridized carbons (Fsp3) is 0.571. The molecule has 0 spiro atoms. The van der Waals surface area contributed by atoms with Gasteiger partial charge in [-0.25, -0.2) is 0 Å². The Morgan fingerprint density at radius 1 is 1.24 bits per heavy atom. The molecular formula is C14H23NO2. The fourth-order valence-electron chi connectivity index (χ4n) is 1.86. The standard InChI is InChI=1S/C14H23NO2/c1-10(2)8-13(15)14(16)9-11-4-6-12(17-3)7-5-11/h4-7,10,13-14,16H,8-9,15H2,1-3H3. The summed E-state index contributed by atoms with van der Waals surface area (Å²) in [4.78, 5) is 0. The summed E-state index contributed by atoms with van der Waals surface area (Å²) in [7, 11) is 1.64. The van der Waals surface area contributed by atoms with E-state index in [-0.39, 0.29) is 6.04 Å². The van der Waals surface area contributed by atoms with Crippen LogP contribution in [-0.4, -0.2) is 24.4 Å². The molecule has 1 rings (SSSR count). The summed E-state index contributed by atoms with van der Waals surface area (Å²) in [6.45, 7) is 4.22. The molecule has 0 aliphatic carbocycles. The molecule has 1 aromatic rings. The Morgan fingerprint density at radius 3 is 2.29 bits per heavy atom. The first kappa shape index (κ1) is 14.0. The molecule has 0 fully saturated rings. The maximum Gasteiger partial charge on any atom is 0.118 e. The Labute approximate surface area is 104 Å². The van der Waals surface area contributed by atoms with Crippen molar-refractivity contribution in [2.75, 3.05) is 7.11 Å². The van der Waals surface area contributed by atoms with Crippen LogP contribution in [0.25, 0.3) is 0 Å². The minimum Gasteiger partial charge on any atom is -0.497 e. The first-order chi connectivity index (χ1) is 8.02. The average molecular weight is 237 g/mol. The van der Waals surface area contributed by atoms with E-state index in [1.165, 1.54) is 0 Å². The largest absolute Gasteiger partial charge is 0.497 e. The summed E-state index contributed by atoms with van der Waals surface area (Å²) >= 11 is 0. The first-order valence-corrected chi connectivity index (χ1v) is 6.09. The van der Waals surface area contributed by atoms with Crippen LogP contribution in [0.3, 0.4) is 0 Å². The van der Waals surface area contributed by atoms with Crippen molar-refractivity contribution in [2.45, 2.75) is 38.8 Å². The van der Waals surface area contributed by atoms with Gasteiger partial charge in [0.05, 0.1) is 13.2 Å². The van der Waals surface area contributed by atoms with Gasteiger partial charge in [0.1, 0.15) is 5.75 Å². The van der Waals surface area contributed by atoms with Gasteiger partial charge >= 0.3 is 0 Å². The highest BCUT2D eigenvalue weighted by atomic mass is 16.5. The maximum atomic E-state index is 9.99. The van der Waals surface area contributed by atoms with Gasteiger partial charge in [-0.15, -0.1) is 0 Å². The van der Waals surface area contributed by atoms with Crippen molar-refractivity contribution in [3.05, 3.63) is 29.8 Å². The van der Waals surface area contributed by atoms with E-state index in [0.29, 0.717) is 12.3 Å². The predicted molar refractivity (Wildman–Crippen MR) is 70.1 cm³/mol. The third-order valence-corrected chi connectivity index (χ3v) is 2.84. The van der Waals surface area contributed by atoms with Crippen molar-refractivity contribution >= 4 is 0 Å². The van der Waals surface area contributed by atoms with Crippen LogP contribution in [-0.2, 0) is 6.42 Å². The number of ether oxygens (including phenoxy) is 1. The second kappa shape index (κ2) is 6.62. The highest BCUT2D eigenvalue weighted by Gasteiger charge is 2.16. The van der Waals surface area contributed by atoms with E-state index in [2.05, 4.69) is 13.8 Å². The number of aliphatic hydroxyl groups is 1. The van der Waals surface area contributed by atoms with Gasteiger partial charge in [0.2, 0.25) is 0 Å². The lowest BCUT2D eigenvalue weighted by atomic mass is 9.96. The molecule has 0 amide bonds. The molecule has 1 aromatic carbocycles. The Morgan fingerprint density at radius 2 is 1.82 bits per heavy atom. The van der Waals surface area contributed by atoms with E-state index in [9.17, 15) is 5.11 Å². The number of aliphatic hydroxyl groups excluding tert-OH is 1. The molecule has 96 valence electrons. The van der Waals surface area contributed by atoms with Crippen LogP contribution >= 0.6 is 0 Å². The molecule has 0 aliphatic rings. The van der Waals surface area contributed by atoms with Crippen molar-refractivity contribution in [2.24, 2.45) is 11.7 Å². The van der Waals surface area contributed by atoms with Crippen molar-refractivity contribution in [3.8, 4) is 5.75 Å². The third kappa shape index (κ3) is 4.75. The van der Waals surface area contributed by atoms with Gasteiger partial charge in [-0.1, -0.05) is 26.0 Å². The van der Waals surface area contributed by atoms with Gasteiger partial charge in [0.25, 0.3) is 0 Å². The fourth-order valence-corrected chi connectivity index (χ4v) is 1.86. The van der Waals surface area contributed by atoms with Crippen LogP contribution in [0.5, 0.6) is 5.75 Å².